The third-order valence-electron chi connectivity index (χ3n) is 4.22. The molecule has 128 valence electrons. The second-order valence-electron chi connectivity index (χ2n) is 5.98. The highest BCUT2D eigenvalue weighted by atomic mass is 14.9. The third-order valence-corrected chi connectivity index (χ3v) is 4.22. The molecular formula is C25H23N. The molecule has 0 saturated carbocycles. The first-order chi connectivity index (χ1) is 12.8. The van der Waals surface area contributed by atoms with Gasteiger partial charge in [-0.25, -0.2) is 0 Å². The van der Waals surface area contributed by atoms with E-state index >= 15 is 0 Å². The van der Waals surface area contributed by atoms with Crippen LogP contribution in [0, 0.1) is 0 Å². The van der Waals surface area contributed by atoms with E-state index in [2.05, 4.69) is 91.6 Å². The molecule has 0 heterocycles. The Kier molecular flexibility index (Phi) is 5.84. The second-order valence-corrected chi connectivity index (χ2v) is 5.98. The lowest BCUT2D eigenvalue weighted by atomic mass is 9.99. The molecule has 1 nitrogen and oxygen atoms in total. The Labute approximate surface area is 156 Å². The molecule has 0 aliphatic heterocycles. The van der Waals surface area contributed by atoms with Gasteiger partial charge in [-0.15, -0.1) is 0 Å². The van der Waals surface area contributed by atoms with Crippen molar-refractivity contribution in [3.63, 3.8) is 0 Å². The van der Waals surface area contributed by atoms with Crippen molar-refractivity contribution in [2.24, 2.45) is 0 Å². The predicted molar refractivity (Wildman–Crippen MR) is 115 cm³/mol. The van der Waals surface area contributed by atoms with Gasteiger partial charge in [0.25, 0.3) is 0 Å². The lowest BCUT2D eigenvalue weighted by molar-refractivity contribution is 1.53. The standard InChI is InChI=1S/C25H23N/c1-3-5-9-20(4-2)21-12-14-22(15-13-21)23-16-18-25(19-17-23)26-24-10-7-6-8-11-24/h3-19,26H,1H2,2H3/b9-5-,20-4+. The summed E-state index contributed by atoms with van der Waals surface area (Å²) < 4.78 is 0. The summed E-state index contributed by atoms with van der Waals surface area (Å²) >= 11 is 0. The quantitative estimate of drug-likeness (QED) is 0.467. The van der Waals surface area contributed by atoms with Gasteiger partial charge in [0.05, 0.1) is 0 Å². The Morgan fingerprint density at radius 3 is 1.92 bits per heavy atom. The van der Waals surface area contributed by atoms with Crippen molar-refractivity contribution in [1.82, 2.24) is 0 Å². The van der Waals surface area contributed by atoms with Gasteiger partial charge in [-0.2, -0.15) is 0 Å². The molecule has 3 aromatic carbocycles. The molecule has 0 aromatic heterocycles. The Hall–Kier alpha value is -3.32. The third kappa shape index (κ3) is 4.40. The van der Waals surface area contributed by atoms with E-state index in [1.165, 1.54) is 22.3 Å². The average Bonchev–Trinajstić information content (AvgIpc) is 2.70. The van der Waals surface area contributed by atoms with Gasteiger partial charge in [-0.1, -0.05) is 85.5 Å². The molecule has 0 amide bonds. The zero-order chi connectivity index (χ0) is 18.2. The van der Waals surface area contributed by atoms with Gasteiger partial charge in [-0.3, -0.25) is 0 Å². The van der Waals surface area contributed by atoms with Crippen LogP contribution in [0.3, 0.4) is 0 Å². The van der Waals surface area contributed by atoms with E-state index < -0.39 is 0 Å². The predicted octanol–water partition coefficient (Wildman–Crippen LogP) is 7.24. The maximum absolute atomic E-state index is 3.73. The van der Waals surface area contributed by atoms with Crippen LogP contribution in [0.4, 0.5) is 11.4 Å². The van der Waals surface area contributed by atoms with Gasteiger partial charge in [-0.05, 0) is 53.5 Å². The van der Waals surface area contributed by atoms with Crippen LogP contribution in [0.25, 0.3) is 16.7 Å². The molecule has 1 heteroatoms. The molecule has 0 atom stereocenters. The van der Waals surface area contributed by atoms with E-state index in [0.717, 1.165) is 11.4 Å². The molecule has 1 N–H and O–H groups in total. The molecule has 3 aromatic rings. The van der Waals surface area contributed by atoms with Crippen LogP contribution in [0.2, 0.25) is 0 Å². The van der Waals surface area contributed by atoms with E-state index in [4.69, 9.17) is 0 Å². The van der Waals surface area contributed by atoms with E-state index in [-0.39, 0.29) is 0 Å². The first kappa shape index (κ1) is 17.5. The van der Waals surface area contributed by atoms with Crippen LogP contribution in [0.5, 0.6) is 0 Å². The fourth-order valence-electron chi connectivity index (χ4n) is 2.82. The first-order valence-electron chi connectivity index (χ1n) is 8.78. The summed E-state index contributed by atoms with van der Waals surface area (Å²) in [6, 6.07) is 27.4. The van der Waals surface area contributed by atoms with Crippen LogP contribution in [-0.2, 0) is 0 Å². The summed E-state index contributed by atoms with van der Waals surface area (Å²) in [7, 11) is 0. The van der Waals surface area contributed by atoms with Gasteiger partial charge in [0.15, 0.2) is 0 Å². The summed E-state index contributed by atoms with van der Waals surface area (Å²) in [5, 5.41) is 3.41. The normalized spacial score (nSPS) is 11.5. The van der Waals surface area contributed by atoms with E-state index in [0.29, 0.717) is 0 Å². The van der Waals surface area contributed by atoms with Gasteiger partial charge in [0.1, 0.15) is 0 Å². The number of nitrogens with one attached hydrogen (secondary N) is 1. The van der Waals surface area contributed by atoms with Gasteiger partial charge < -0.3 is 5.32 Å². The first-order valence-corrected chi connectivity index (χ1v) is 8.78. The van der Waals surface area contributed by atoms with Crippen LogP contribution in [0.1, 0.15) is 12.5 Å². The number of benzene rings is 3. The molecule has 0 saturated heterocycles. The second kappa shape index (κ2) is 8.68. The van der Waals surface area contributed by atoms with Crippen molar-refractivity contribution in [1.29, 1.82) is 0 Å². The Morgan fingerprint density at radius 1 is 0.769 bits per heavy atom. The van der Waals surface area contributed by atoms with Crippen molar-refractivity contribution in [3.05, 3.63) is 115 Å². The number of hydrogen-bond acceptors (Lipinski definition) is 1. The van der Waals surface area contributed by atoms with Crippen molar-refractivity contribution in [2.75, 3.05) is 5.32 Å². The van der Waals surface area contributed by atoms with Crippen molar-refractivity contribution < 1.29 is 0 Å². The topological polar surface area (TPSA) is 12.0 Å². The van der Waals surface area contributed by atoms with Gasteiger partial charge in [0, 0.05) is 11.4 Å². The molecule has 0 bridgehead atoms. The number of hydrogen-bond donors (Lipinski definition) is 1. The van der Waals surface area contributed by atoms with Gasteiger partial charge >= 0.3 is 0 Å². The number of rotatable bonds is 6. The summed E-state index contributed by atoms with van der Waals surface area (Å²) in [6.07, 6.45) is 7.94. The van der Waals surface area contributed by atoms with Crippen LogP contribution >= 0.6 is 0 Å². The minimum absolute atomic E-state index is 1.09. The fourth-order valence-corrected chi connectivity index (χ4v) is 2.82. The largest absolute Gasteiger partial charge is 0.356 e. The molecular weight excluding hydrogens is 314 g/mol. The van der Waals surface area contributed by atoms with Crippen LogP contribution < -0.4 is 5.32 Å². The average molecular weight is 337 g/mol. The van der Waals surface area contributed by atoms with E-state index in [1.54, 1.807) is 6.08 Å². The van der Waals surface area contributed by atoms with E-state index in [1.807, 2.05) is 24.3 Å². The highest BCUT2D eigenvalue weighted by Crippen LogP contribution is 2.25. The molecule has 0 fully saturated rings. The zero-order valence-corrected chi connectivity index (χ0v) is 15.0. The minimum Gasteiger partial charge on any atom is -0.356 e. The fraction of sp³-hybridized carbons (Fsp3) is 0.0400. The maximum atomic E-state index is 3.73. The van der Waals surface area contributed by atoms with Crippen molar-refractivity contribution in [3.8, 4) is 11.1 Å². The zero-order valence-electron chi connectivity index (χ0n) is 15.0. The smallest absolute Gasteiger partial charge is 0.0384 e. The highest BCUT2D eigenvalue weighted by Gasteiger charge is 2.01. The molecule has 0 aliphatic rings. The maximum Gasteiger partial charge on any atom is 0.0384 e. The SMILES string of the molecule is C=C/C=C\C(=C/C)c1ccc(-c2ccc(Nc3ccccc3)cc2)cc1. The van der Waals surface area contributed by atoms with E-state index in [9.17, 15) is 0 Å². The van der Waals surface area contributed by atoms with Crippen molar-refractivity contribution in [2.45, 2.75) is 6.92 Å². The lowest BCUT2D eigenvalue weighted by Crippen LogP contribution is -1.89. The number of para-hydroxylation sites is 1. The summed E-state index contributed by atoms with van der Waals surface area (Å²) in [5.41, 5.74) is 7.00. The minimum atomic E-state index is 1.09. The lowest BCUT2D eigenvalue weighted by Gasteiger charge is -2.09. The monoisotopic (exact) mass is 337 g/mol. The molecule has 0 unspecified atom stereocenters. The Morgan fingerprint density at radius 2 is 1.35 bits per heavy atom. The molecule has 3 rings (SSSR count). The van der Waals surface area contributed by atoms with Crippen LogP contribution in [0.15, 0.2) is 110 Å². The van der Waals surface area contributed by atoms with Crippen molar-refractivity contribution >= 4 is 16.9 Å². The van der Waals surface area contributed by atoms with Gasteiger partial charge in [0.2, 0.25) is 0 Å². The summed E-state index contributed by atoms with van der Waals surface area (Å²) in [5.74, 6) is 0. The van der Waals surface area contributed by atoms with Crippen LogP contribution in [-0.4, -0.2) is 0 Å². The molecule has 26 heavy (non-hydrogen) atoms. The molecule has 0 radical (unpaired) electrons. The summed E-state index contributed by atoms with van der Waals surface area (Å²) in [6.45, 7) is 5.78. The number of anilines is 2. The molecule has 0 spiro atoms. The number of allylic oxidation sites excluding steroid dienone is 5. The Balaban J connectivity index is 1.75. The molecule has 0 aliphatic carbocycles. The Bertz CT molecular complexity index is 899. The summed E-state index contributed by atoms with van der Waals surface area (Å²) in [4.78, 5) is 0. The highest BCUT2D eigenvalue weighted by molar-refractivity contribution is 5.76.